The van der Waals surface area contributed by atoms with E-state index in [4.69, 9.17) is 14.7 Å². The summed E-state index contributed by atoms with van der Waals surface area (Å²) >= 11 is 0. The van der Waals surface area contributed by atoms with Crippen LogP contribution in [0.15, 0.2) is 48.5 Å². The SMILES string of the molecule is CCCCCOC(=O)c1cccc(C(=O)Oc2ccc(C#N)cc2)c1. The van der Waals surface area contributed by atoms with E-state index in [0.29, 0.717) is 23.5 Å². The van der Waals surface area contributed by atoms with Crippen molar-refractivity contribution in [2.75, 3.05) is 6.61 Å². The molecule has 0 fully saturated rings. The second-order valence-corrected chi connectivity index (χ2v) is 5.45. The third-order valence-electron chi connectivity index (χ3n) is 3.51. The Kier molecular flexibility index (Phi) is 6.73. The third-order valence-corrected chi connectivity index (χ3v) is 3.51. The van der Waals surface area contributed by atoms with Crippen LogP contribution in [-0.2, 0) is 4.74 Å². The Hall–Kier alpha value is -3.13. The molecule has 128 valence electrons. The molecule has 0 aliphatic rings. The minimum Gasteiger partial charge on any atom is -0.462 e. The van der Waals surface area contributed by atoms with Crippen LogP contribution >= 0.6 is 0 Å². The summed E-state index contributed by atoms with van der Waals surface area (Å²) in [5.74, 6) is -0.703. The predicted molar refractivity (Wildman–Crippen MR) is 92.4 cm³/mol. The van der Waals surface area contributed by atoms with Crippen molar-refractivity contribution in [3.63, 3.8) is 0 Å². The fourth-order valence-electron chi connectivity index (χ4n) is 2.14. The van der Waals surface area contributed by atoms with Crippen LogP contribution in [0, 0.1) is 11.3 Å². The summed E-state index contributed by atoms with van der Waals surface area (Å²) in [5.41, 5.74) is 1.05. The third kappa shape index (κ3) is 5.47. The van der Waals surface area contributed by atoms with Gasteiger partial charge in [0.1, 0.15) is 5.75 Å². The van der Waals surface area contributed by atoms with E-state index in [-0.39, 0.29) is 5.56 Å². The van der Waals surface area contributed by atoms with Crippen LogP contribution in [0.3, 0.4) is 0 Å². The number of unbranched alkanes of at least 4 members (excludes halogenated alkanes) is 2. The van der Waals surface area contributed by atoms with E-state index in [1.54, 1.807) is 42.5 Å². The minimum absolute atomic E-state index is 0.257. The summed E-state index contributed by atoms with van der Waals surface area (Å²) in [6.07, 6.45) is 2.88. The van der Waals surface area contributed by atoms with Gasteiger partial charge >= 0.3 is 11.9 Å². The first-order valence-corrected chi connectivity index (χ1v) is 8.13. The largest absolute Gasteiger partial charge is 0.462 e. The lowest BCUT2D eigenvalue weighted by molar-refractivity contribution is 0.0498. The molecule has 0 aliphatic carbocycles. The minimum atomic E-state index is -0.578. The van der Waals surface area contributed by atoms with Crippen LogP contribution in [0.25, 0.3) is 0 Å². The number of benzene rings is 2. The summed E-state index contributed by atoms with van der Waals surface area (Å²) in [7, 11) is 0. The molecule has 0 saturated carbocycles. The zero-order valence-electron chi connectivity index (χ0n) is 14.0. The smallest absolute Gasteiger partial charge is 0.343 e. The lowest BCUT2D eigenvalue weighted by atomic mass is 10.1. The number of esters is 2. The van der Waals surface area contributed by atoms with Crippen molar-refractivity contribution in [2.45, 2.75) is 26.2 Å². The lowest BCUT2D eigenvalue weighted by Crippen LogP contribution is -2.11. The van der Waals surface area contributed by atoms with Gasteiger partial charge in [-0.3, -0.25) is 0 Å². The Morgan fingerprint density at radius 3 is 2.32 bits per heavy atom. The van der Waals surface area contributed by atoms with Gasteiger partial charge in [-0.05, 0) is 48.9 Å². The molecule has 0 heterocycles. The fraction of sp³-hybridized carbons (Fsp3) is 0.250. The zero-order chi connectivity index (χ0) is 18.1. The van der Waals surface area contributed by atoms with Gasteiger partial charge < -0.3 is 9.47 Å². The highest BCUT2D eigenvalue weighted by molar-refractivity contribution is 5.96. The average molecular weight is 337 g/mol. The highest BCUT2D eigenvalue weighted by atomic mass is 16.5. The standard InChI is InChI=1S/C20H19NO4/c1-2-3-4-12-24-19(22)16-6-5-7-17(13-16)20(23)25-18-10-8-15(14-21)9-11-18/h5-11,13H,2-4,12H2,1H3. The number of ether oxygens (including phenoxy) is 2. The van der Waals surface area contributed by atoms with Gasteiger partial charge in [0.05, 0.1) is 29.4 Å². The average Bonchev–Trinajstić information content (AvgIpc) is 2.65. The highest BCUT2D eigenvalue weighted by Gasteiger charge is 2.13. The van der Waals surface area contributed by atoms with Crippen molar-refractivity contribution in [2.24, 2.45) is 0 Å². The van der Waals surface area contributed by atoms with Gasteiger partial charge in [-0.1, -0.05) is 25.8 Å². The number of rotatable bonds is 7. The molecule has 5 nitrogen and oxygen atoms in total. The van der Waals surface area contributed by atoms with E-state index in [0.717, 1.165) is 19.3 Å². The summed E-state index contributed by atoms with van der Waals surface area (Å²) in [6, 6.07) is 14.4. The predicted octanol–water partition coefficient (Wildman–Crippen LogP) is 4.12. The molecule has 0 spiro atoms. The van der Waals surface area contributed by atoms with E-state index in [1.807, 2.05) is 6.07 Å². The van der Waals surface area contributed by atoms with Gasteiger partial charge in [0.2, 0.25) is 0 Å². The maximum absolute atomic E-state index is 12.2. The van der Waals surface area contributed by atoms with Crippen molar-refractivity contribution in [1.82, 2.24) is 0 Å². The normalized spacial score (nSPS) is 9.92. The molecule has 0 radical (unpaired) electrons. The highest BCUT2D eigenvalue weighted by Crippen LogP contribution is 2.15. The van der Waals surface area contributed by atoms with E-state index < -0.39 is 11.9 Å². The molecule has 2 rings (SSSR count). The van der Waals surface area contributed by atoms with Crippen LogP contribution < -0.4 is 4.74 Å². The number of nitriles is 1. The van der Waals surface area contributed by atoms with Crippen molar-refractivity contribution < 1.29 is 19.1 Å². The monoisotopic (exact) mass is 337 g/mol. The van der Waals surface area contributed by atoms with Crippen LogP contribution in [0.2, 0.25) is 0 Å². The molecule has 0 unspecified atom stereocenters. The van der Waals surface area contributed by atoms with Crippen LogP contribution in [0.5, 0.6) is 5.75 Å². The molecule has 2 aromatic rings. The maximum atomic E-state index is 12.2. The Morgan fingerprint density at radius 2 is 1.68 bits per heavy atom. The number of nitrogens with zero attached hydrogens (tertiary/aromatic N) is 1. The number of hydrogen-bond donors (Lipinski definition) is 0. The Labute approximate surface area is 146 Å². The molecule has 0 aliphatic heterocycles. The molecule has 0 amide bonds. The topological polar surface area (TPSA) is 76.4 Å². The Balaban J connectivity index is 2.00. The molecule has 0 saturated heterocycles. The van der Waals surface area contributed by atoms with Gasteiger partial charge in [0, 0.05) is 0 Å². The molecule has 2 aromatic carbocycles. The van der Waals surface area contributed by atoms with Gasteiger partial charge in [0.25, 0.3) is 0 Å². The zero-order valence-corrected chi connectivity index (χ0v) is 14.0. The van der Waals surface area contributed by atoms with E-state index in [9.17, 15) is 9.59 Å². The Bertz CT molecular complexity index is 775. The molecule has 0 aromatic heterocycles. The molecule has 25 heavy (non-hydrogen) atoms. The van der Waals surface area contributed by atoms with Crippen LogP contribution in [-0.4, -0.2) is 18.5 Å². The molecule has 5 heteroatoms. The molecule has 0 bridgehead atoms. The quantitative estimate of drug-likeness (QED) is 0.431. The van der Waals surface area contributed by atoms with Crippen molar-refractivity contribution in [3.05, 3.63) is 65.2 Å². The molecule has 0 N–H and O–H groups in total. The second kappa shape index (κ2) is 9.24. The van der Waals surface area contributed by atoms with Crippen molar-refractivity contribution in [3.8, 4) is 11.8 Å². The van der Waals surface area contributed by atoms with Gasteiger partial charge in [0.15, 0.2) is 0 Å². The summed E-state index contributed by atoms with van der Waals surface area (Å²) < 4.78 is 10.4. The van der Waals surface area contributed by atoms with Gasteiger partial charge in [-0.25, -0.2) is 9.59 Å². The van der Waals surface area contributed by atoms with Crippen molar-refractivity contribution >= 4 is 11.9 Å². The summed E-state index contributed by atoms with van der Waals surface area (Å²) in [6.45, 7) is 2.44. The summed E-state index contributed by atoms with van der Waals surface area (Å²) in [5, 5.41) is 8.76. The van der Waals surface area contributed by atoms with Crippen LogP contribution in [0.4, 0.5) is 0 Å². The molecular weight excluding hydrogens is 318 g/mol. The first-order valence-electron chi connectivity index (χ1n) is 8.13. The first-order chi connectivity index (χ1) is 12.1. The lowest BCUT2D eigenvalue weighted by Gasteiger charge is -2.07. The molecular formula is C20H19NO4. The number of carbonyl (C=O) groups is 2. The van der Waals surface area contributed by atoms with Crippen LogP contribution in [0.1, 0.15) is 52.5 Å². The maximum Gasteiger partial charge on any atom is 0.343 e. The van der Waals surface area contributed by atoms with E-state index in [1.165, 1.54) is 6.07 Å². The number of carbonyl (C=O) groups excluding carboxylic acids is 2. The van der Waals surface area contributed by atoms with Gasteiger partial charge in [-0.2, -0.15) is 5.26 Å². The molecule has 0 atom stereocenters. The van der Waals surface area contributed by atoms with Gasteiger partial charge in [-0.15, -0.1) is 0 Å². The van der Waals surface area contributed by atoms with E-state index >= 15 is 0 Å². The second-order valence-electron chi connectivity index (χ2n) is 5.45. The Morgan fingerprint density at radius 1 is 1.00 bits per heavy atom. The summed E-state index contributed by atoms with van der Waals surface area (Å²) in [4.78, 5) is 24.2. The van der Waals surface area contributed by atoms with Crippen molar-refractivity contribution in [1.29, 1.82) is 5.26 Å². The van der Waals surface area contributed by atoms with E-state index in [2.05, 4.69) is 6.92 Å². The number of hydrogen-bond acceptors (Lipinski definition) is 5. The fourth-order valence-corrected chi connectivity index (χ4v) is 2.14. The first kappa shape index (κ1) is 18.2.